The van der Waals surface area contributed by atoms with Crippen LogP contribution in [-0.2, 0) is 9.53 Å². The number of hydrogen-bond donors (Lipinski definition) is 0. The van der Waals surface area contributed by atoms with Gasteiger partial charge >= 0.3 is 5.97 Å². The number of allylic oxidation sites excluding steroid dienone is 2. The molecule has 0 heterocycles. The summed E-state index contributed by atoms with van der Waals surface area (Å²) in [4.78, 5) is 11.5. The Morgan fingerprint density at radius 2 is 1.69 bits per heavy atom. The van der Waals surface area contributed by atoms with Crippen LogP contribution >= 0.6 is 0 Å². The maximum absolute atomic E-state index is 11.5. The van der Waals surface area contributed by atoms with Gasteiger partial charge in [-0.15, -0.1) is 0 Å². The summed E-state index contributed by atoms with van der Waals surface area (Å²) in [7, 11) is 0. The van der Waals surface area contributed by atoms with Gasteiger partial charge in [0.05, 0.1) is 0 Å². The molecule has 0 aliphatic heterocycles. The molecule has 0 aromatic rings. The van der Waals surface area contributed by atoms with Crippen LogP contribution in [0.2, 0.25) is 0 Å². The molecule has 3 saturated carbocycles. The van der Waals surface area contributed by atoms with Gasteiger partial charge in [-0.05, 0) is 104 Å². The molecular formula is C30H50O2. The van der Waals surface area contributed by atoms with Crippen molar-refractivity contribution in [3.63, 3.8) is 0 Å². The van der Waals surface area contributed by atoms with Gasteiger partial charge in [-0.3, -0.25) is 4.79 Å². The molecule has 2 heteroatoms. The molecule has 2 nitrogen and oxygen atoms in total. The van der Waals surface area contributed by atoms with Crippen LogP contribution in [0.5, 0.6) is 0 Å². The zero-order valence-electron chi connectivity index (χ0n) is 22.1. The van der Waals surface area contributed by atoms with Gasteiger partial charge in [0.25, 0.3) is 0 Å². The van der Waals surface area contributed by atoms with Crippen LogP contribution in [0.15, 0.2) is 11.6 Å². The van der Waals surface area contributed by atoms with Crippen molar-refractivity contribution in [2.24, 2.45) is 52.3 Å². The first kappa shape index (κ1) is 24.3. The Morgan fingerprint density at radius 3 is 2.38 bits per heavy atom. The molecule has 0 aromatic heterocycles. The van der Waals surface area contributed by atoms with Gasteiger partial charge in [-0.1, -0.05) is 66.0 Å². The highest BCUT2D eigenvalue weighted by Gasteiger charge is 2.58. The quantitative estimate of drug-likeness (QED) is 0.306. The van der Waals surface area contributed by atoms with Crippen LogP contribution in [-0.4, -0.2) is 12.1 Å². The molecule has 4 aliphatic carbocycles. The first-order chi connectivity index (χ1) is 15.1. The summed E-state index contributed by atoms with van der Waals surface area (Å²) in [6.45, 7) is 16.6. The van der Waals surface area contributed by atoms with Crippen molar-refractivity contribution in [1.82, 2.24) is 0 Å². The first-order valence-electron chi connectivity index (χ1n) is 13.9. The number of esters is 1. The van der Waals surface area contributed by atoms with E-state index >= 15 is 0 Å². The van der Waals surface area contributed by atoms with Gasteiger partial charge < -0.3 is 4.74 Å². The Bertz CT molecular complexity index is 722. The average Bonchev–Trinajstić information content (AvgIpc) is 3.08. The predicted octanol–water partition coefficient (Wildman–Crippen LogP) is 8.21. The topological polar surface area (TPSA) is 26.3 Å². The fraction of sp³-hybridized carbons (Fsp3) is 0.900. The molecule has 32 heavy (non-hydrogen) atoms. The summed E-state index contributed by atoms with van der Waals surface area (Å²) in [6, 6.07) is 0. The maximum Gasteiger partial charge on any atom is 0.302 e. The van der Waals surface area contributed by atoms with Gasteiger partial charge in [0.15, 0.2) is 0 Å². The van der Waals surface area contributed by atoms with E-state index in [0.717, 1.165) is 48.3 Å². The predicted molar refractivity (Wildman–Crippen MR) is 133 cm³/mol. The molecule has 9 atom stereocenters. The molecule has 0 N–H and O–H groups in total. The van der Waals surface area contributed by atoms with E-state index in [4.69, 9.17) is 4.74 Å². The van der Waals surface area contributed by atoms with Gasteiger partial charge in [-0.2, -0.15) is 0 Å². The molecule has 4 aliphatic rings. The monoisotopic (exact) mass is 442 g/mol. The third-order valence-electron chi connectivity index (χ3n) is 11.3. The highest BCUT2D eigenvalue weighted by atomic mass is 16.5. The number of carbonyl (C=O) groups is 1. The largest absolute Gasteiger partial charge is 0.463 e. The zero-order valence-corrected chi connectivity index (χ0v) is 22.1. The van der Waals surface area contributed by atoms with E-state index in [1.165, 1.54) is 51.4 Å². The standard InChI is InChI=1S/C30H50O2/c1-19(2)20(3)8-9-21(4)26-12-13-27-25-11-10-23-18-24(32-22(5)31)14-16-29(23,6)28(25)15-17-30(26,27)7/h11,19-21,23-24,26-28H,8-10,12-18H2,1-7H3/t20-,21+,23-,24+,26+,27-,28+,29+,30-/m0/s1. The Morgan fingerprint density at radius 1 is 1.00 bits per heavy atom. The van der Waals surface area contributed by atoms with Crippen molar-refractivity contribution in [3.8, 4) is 0 Å². The third-order valence-corrected chi connectivity index (χ3v) is 11.3. The normalized spacial score (nSPS) is 43.0. The third kappa shape index (κ3) is 4.22. The smallest absolute Gasteiger partial charge is 0.302 e. The minimum atomic E-state index is -0.104. The minimum Gasteiger partial charge on any atom is -0.463 e. The summed E-state index contributed by atoms with van der Waals surface area (Å²) in [5, 5.41) is 0. The lowest BCUT2D eigenvalue weighted by atomic mass is 9.47. The first-order valence-corrected chi connectivity index (χ1v) is 13.9. The molecule has 182 valence electrons. The maximum atomic E-state index is 11.5. The van der Waals surface area contributed by atoms with Crippen molar-refractivity contribution in [2.75, 3.05) is 0 Å². The number of ether oxygens (including phenoxy) is 1. The Hall–Kier alpha value is -0.790. The van der Waals surface area contributed by atoms with Crippen LogP contribution in [0.25, 0.3) is 0 Å². The van der Waals surface area contributed by atoms with Gasteiger partial charge in [0.1, 0.15) is 6.10 Å². The molecule has 0 aromatic carbocycles. The zero-order chi connectivity index (χ0) is 23.3. The van der Waals surface area contributed by atoms with Crippen LogP contribution in [0, 0.1) is 52.3 Å². The van der Waals surface area contributed by atoms with Gasteiger partial charge in [0.2, 0.25) is 0 Å². The lowest BCUT2D eigenvalue weighted by Gasteiger charge is -2.58. The van der Waals surface area contributed by atoms with Crippen LogP contribution in [0.4, 0.5) is 0 Å². The summed E-state index contributed by atoms with van der Waals surface area (Å²) in [5.41, 5.74) is 2.79. The van der Waals surface area contributed by atoms with E-state index in [2.05, 4.69) is 47.6 Å². The second kappa shape index (κ2) is 9.10. The number of rotatable bonds is 6. The van der Waals surface area contributed by atoms with Crippen LogP contribution < -0.4 is 0 Å². The molecule has 0 saturated heterocycles. The molecular weight excluding hydrogens is 392 g/mol. The second-order valence-corrected chi connectivity index (χ2v) is 13.3. The second-order valence-electron chi connectivity index (χ2n) is 13.3. The molecule has 3 fully saturated rings. The van der Waals surface area contributed by atoms with Crippen molar-refractivity contribution < 1.29 is 9.53 Å². The molecule has 0 unspecified atom stereocenters. The van der Waals surface area contributed by atoms with Gasteiger partial charge in [0, 0.05) is 6.92 Å². The highest BCUT2D eigenvalue weighted by Crippen LogP contribution is 2.67. The fourth-order valence-corrected chi connectivity index (χ4v) is 8.85. The van der Waals surface area contributed by atoms with E-state index in [-0.39, 0.29) is 12.1 Å². The molecule has 0 amide bonds. The Labute approximate surface area is 198 Å². The van der Waals surface area contributed by atoms with E-state index in [9.17, 15) is 4.79 Å². The molecule has 0 radical (unpaired) electrons. The van der Waals surface area contributed by atoms with Crippen LogP contribution in [0.3, 0.4) is 0 Å². The van der Waals surface area contributed by atoms with E-state index in [1.807, 2.05) is 5.57 Å². The van der Waals surface area contributed by atoms with Gasteiger partial charge in [-0.25, -0.2) is 0 Å². The van der Waals surface area contributed by atoms with E-state index in [0.29, 0.717) is 16.7 Å². The number of hydrogen-bond acceptors (Lipinski definition) is 2. The Kier molecular flexibility index (Phi) is 6.92. The molecule has 0 bridgehead atoms. The van der Waals surface area contributed by atoms with Crippen molar-refractivity contribution in [3.05, 3.63) is 11.6 Å². The lowest BCUT2D eigenvalue weighted by Crippen LogP contribution is -2.50. The molecule has 4 rings (SSSR count). The Balaban J connectivity index is 1.47. The van der Waals surface area contributed by atoms with Crippen molar-refractivity contribution >= 4 is 5.97 Å². The van der Waals surface area contributed by atoms with Crippen molar-refractivity contribution in [2.45, 2.75) is 119 Å². The fourth-order valence-electron chi connectivity index (χ4n) is 8.85. The molecule has 0 spiro atoms. The SMILES string of the molecule is CC(=O)O[C@@H]1CC[C@]2(C)[C@@H](CC=C3[C@H]2CC[C@@]2(C)[C@@H]([C@H](C)CC[C@H](C)C(C)C)CC[C@@H]32)C1. The van der Waals surface area contributed by atoms with Crippen LogP contribution in [0.1, 0.15) is 113 Å². The minimum absolute atomic E-state index is 0.104. The summed E-state index contributed by atoms with van der Waals surface area (Å²) in [5.74, 6) is 5.58. The van der Waals surface area contributed by atoms with E-state index < -0.39 is 0 Å². The lowest BCUT2D eigenvalue weighted by molar-refractivity contribution is -0.152. The van der Waals surface area contributed by atoms with E-state index in [1.54, 1.807) is 6.92 Å². The van der Waals surface area contributed by atoms with Crippen molar-refractivity contribution in [1.29, 1.82) is 0 Å². The average molecular weight is 443 g/mol. The summed E-state index contributed by atoms with van der Waals surface area (Å²) < 4.78 is 5.64. The number of fused-ring (bicyclic) bond motifs is 5. The number of carbonyl (C=O) groups excluding carboxylic acids is 1. The highest BCUT2D eigenvalue weighted by molar-refractivity contribution is 5.66. The summed E-state index contributed by atoms with van der Waals surface area (Å²) in [6.07, 6.45) is 15.9. The summed E-state index contributed by atoms with van der Waals surface area (Å²) >= 11 is 0.